The van der Waals surface area contributed by atoms with Gasteiger partial charge in [-0.05, 0) is 61.4 Å². The van der Waals surface area contributed by atoms with Crippen molar-refractivity contribution < 1.29 is 8.78 Å². The molecule has 2 aromatic carbocycles. The molecule has 2 heterocycles. The second kappa shape index (κ2) is 8.21. The van der Waals surface area contributed by atoms with Crippen LogP contribution in [0.2, 0.25) is 0 Å². The molecule has 6 nitrogen and oxygen atoms in total. The zero-order chi connectivity index (χ0) is 22.0. The fraction of sp³-hybridized carbons (Fsp3) is 0.130. The minimum atomic E-state index is -0.733. The highest BCUT2D eigenvalue weighted by Gasteiger charge is 2.29. The van der Waals surface area contributed by atoms with Gasteiger partial charge in [0.05, 0.1) is 17.7 Å². The number of rotatable bonds is 4. The van der Waals surface area contributed by atoms with Gasteiger partial charge in [-0.1, -0.05) is 0 Å². The lowest BCUT2D eigenvalue weighted by Gasteiger charge is -2.21. The smallest absolute Gasteiger partial charge is 0.229 e. The first kappa shape index (κ1) is 20.0. The number of nitrogens with one attached hydrogen (secondary N) is 1. The maximum absolute atomic E-state index is 14.8. The lowest BCUT2D eigenvalue weighted by atomic mass is 10.1. The Morgan fingerprint density at radius 3 is 2.45 bits per heavy atom. The van der Waals surface area contributed by atoms with E-state index in [9.17, 15) is 8.78 Å². The van der Waals surface area contributed by atoms with E-state index in [4.69, 9.17) is 10.5 Å². The number of nitrogens with zero attached hydrogens (tertiary/aromatic N) is 5. The van der Waals surface area contributed by atoms with Crippen molar-refractivity contribution in [3.8, 4) is 12.1 Å². The zero-order valence-corrected chi connectivity index (χ0v) is 16.5. The molecule has 152 valence electrons. The number of hydrogen-bond donors (Lipinski definition) is 1. The topological polar surface area (TPSA) is 88.6 Å². The van der Waals surface area contributed by atoms with Crippen LogP contribution in [0.15, 0.2) is 42.5 Å². The number of benzene rings is 2. The van der Waals surface area contributed by atoms with Crippen LogP contribution in [-0.4, -0.2) is 16.5 Å². The first-order valence-corrected chi connectivity index (χ1v) is 9.47. The van der Waals surface area contributed by atoms with Gasteiger partial charge in [0.1, 0.15) is 11.5 Å². The molecule has 4 rings (SSSR count). The van der Waals surface area contributed by atoms with Crippen LogP contribution >= 0.6 is 0 Å². The van der Waals surface area contributed by atoms with Crippen molar-refractivity contribution in [1.29, 1.82) is 10.5 Å². The average molecular weight is 414 g/mol. The van der Waals surface area contributed by atoms with Crippen molar-refractivity contribution in [3.63, 3.8) is 0 Å². The quantitative estimate of drug-likeness (QED) is 0.610. The van der Waals surface area contributed by atoms with Crippen LogP contribution in [0.5, 0.6) is 0 Å². The van der Waals surface area contributed by atoms with Crippen molar-refractivity contribution in [2.45, 2.75) is 13.3 Å². The third-order valence-electron chi connectivity index (χ3n) is 4.96. The summed E-state index contributed by atoms with van der Waals surface area (Å²) in [5.74, 6) is -0.726. The Morgan fingerprint density at radius 2 is 1.81 bits per heavy atom. The number of hydrogen-bond acceptors (Lipinski definition) is 6. The van der Waals surface area contributed by atoms with Crippen LogP contribution in [-0.2, 0) is 6.42 Å². The summed E-state index contributed by atoms with van der Waals surface area (Å²) in [6.45, 7) is 2.20. The van der Waals surface area contributed by atoms with Crippen molar-refractivity contribution >= 4 is 29.2 Å². The SMILES string of the molecule is Cc1nc(Nc2ccc(C#N)cc2)nc2c1CCN2c1c(F)cc(/C=C\C#N)cc1F. The number of aryl methyl sites for hydroxylation is 1. The van der Waals surface area contributed by atoms with Gasteiger partial charge in [-0.15, -0.1) is 0 Å². The molecule has 1 aromatic heterocycles. The van der Waals surface area contributed by atoms with Crippen LogP contribution in [0.4, 0.5) is 31.9 Å². The summed E-state index contributed by atoms with van der Waals surface area (Å²) in [5.41, 5.74) is 2.85. The van der Waals surface area contributed by atoms with E-state index in [1.165, 1.54) is 23.1 Å². The van der Waals surface area contributed by atoms with Crippen molar-refractivity contribution in [3.05, 3.63) is 76.5 Å². The molecule has 1 aliphatic heterocycles. The Labute approximate surface area is 177 Å². The summed E-state index contributed by atoms with van der Waals surface area (Å²) in [6, 6.07) is 13.0. The molecule has 1 N–H and O–H groups in total. The second-order valence-corrected chi connectivity index (χ2v) is 6.95. The van der Waals surface area contributed by atoms with E-state index in [2.05, 4.69) is 21.4 Å². The molecular weight excluding hydrogens is 398 g/mol. The first-order valence-electron chi connectivity index (χ1n) is 9.47. The van der Waals surface area contributed by atoms with Crippen molar-refractivity contribution in [2.24, 2.45) is 0 Å². The molecular formula is C23H16F2N6. The van der Waals surface area contributed by atoms with Gasteiger partial charge in [0.25, 0.3) is 0 Å². The Kier molecular flexibility index (Phi) is 5.30. The number of halogens is 2. The second-order valence-electron chi connectivity index (χ2n) is 6.95. The lowest BCUT2D eigenvalue weighted by molar-refractivity contribution is 0.581. The zero-order valence-electron chi connectivity index (χ0n) is 16.5. The molecule has 3 aromatic rings. The van der Waals surface area contributed by atoms with Gasteiger partial charge < -0.3 is 10.2 Å². The van der Waals surface area contributed by atoms with Crippen LogP contribution in [0.25, 0.3) is 6.08 Å². The average Bonchev–Trinajstić information content (AvgIpc) is 3.16. The molecule has 0 amide bonds. The minimum Gasteiger partial charge on any atom is -0.324 e. The van der Waals surface area contributed by atoms with Gasteiger partial charge in [-0.25, -0.2) is 13.8 Å². The van der Waals surface area contributed by atoms with Crippen molar-refractivity contribution in [1.82, 2.24) is 9.97 Å². The number of fused-ring (bicyclic) bond motifs is 1. The third kappa shape index (κ3) is 3.92. The van der Waals surface area contributed by atoms with Gasteiger partial charge in [0.15, 0.2) is 11.6 Å². The Bertz CT molecular complexity index is 1250. The molecule has 0 aliphatic carbocycles. The molecule has 0 radical (unpaired) electrons. The summed E-state index contributed by atoms with van der Waals surface area (Å²) < 4.78 is 29.6. The van der Waals surface area contributed by atoms with Crippen LogP contribution in [0.1, 0.15) is 22.4 Å². The Morgan fingerprint density at radius 1 is 1.10 bits per heavy atom. The van der Waals surface area contributed by atoms with Gasteiger partial charge >= 0.3 is 0 Å². The monoisotopic (exact) mass is 414 g/mol. The first-order chi connectivity index (χ1) is 15.0. The van der Waals surface area contributed by atoms with Crippen molar-refractivity contribution in [2.75, 3.05) is 16.8 Å². The van der Waals surface area contributed by atoms with Gasteiger partial charge in [-0.2, -0.15) is 15.5 Å². The maximum Gasteiger partial charge on any atom is 0.229 e. The molecule has 0 saturated carbocycles. The fourth-order valence-electron chi connectivity index (χ4n) is 3.53. The van der Waals surface area contributed by atoms with E-state index in [-0.39, 0.29) is 11.3 Å². The maximum atomic E-state index is 14.8. The van der Waals surface area contributed by atoms with E-state index >= 15 is 0 Å². The van der Waals surface area contributed by atoms with Crippen LogP contribution < -0.4 is 10.2 Å². The summed E-state index contributed by atoms with van der Waals surface area (Å²) in [5, 5.41) is 20.6. The molecule has 0 spiro atoms. The fourth-order valence-corrected chi connectivity index (χ4v) is 3.53. The number of nitriles is 2. The Hall–Kier alpha value is -4.30. The molecule has 1 aliphatic rings. The van der Waals surface area contributed by atoms with E-state index in [1.807, 2.05) is 6.92 Å². The molecule has 8 heteroatoms. The largest absolute Gasteiger partial charge is 0.324 e. The summed E-state index contributed by atoms with van der Waals surface area (Å²) >= 11 is 0. The molecule has 0 bridgehead atoms. The van der Waals surface area contributed by atoms with Crippen LogP contribution in [0.3, 0.4) is 0 Å². The minimum absolute atomic E-state index is 0.185. The number of anilines is 4. The normalized spacial score (nSPS) is 12.5. The molecule has 0 unspecified atom stereocenters. The molecule has 0 fully saturated rings. The van der Waals surface area contributed by atoms with E-state index < -0.39 is 11.6 Å². The molecule has 0 atom stereocenters. The predicted molar refractivity (Wildman–Crippen MR) is 113 cm³/mol. The van der Waals surface area contributed by atoms with Gasteiger partial charge in [0.2, 0.25) is 5.95 Å². The number of allylic oxidation sites excluding steroid dienone is 1. The molecule has 0 saturated heterocycles. The lowest BCUT2D eigenvalue weighted by Crippen LogP contribution is -2.18. The summed E-state index contributed by atoms with van der Waals surface area (Å²) in [7, 11) is 0. The van der Waals surface area contributed by atoms with Gasteiger partial charge in [-0.3, -0.25) is 0 Å². The summed E-state index contributed by atoms with van der Waals surface area (Å²) in [6.07, 6.45) is 3.07. The predicted octanol–water partition coefficient (Wildman–Crippen LogP) is 4.91. The van der Waals surface area contributed by atoms with Gasteiger partial charge in [0, 0.05) is 29.6 Å². The highest BCUT2D eigenvalue weighted by atomic mass is 19.1. The highest BCUT2D eigenvalue weighted by Crippen LogP contribution is 2.38. The van der Waals surface area contributed by atoms with E-state index in [0.29, 0.717) is 36.0 Å². The van der Waals surface area contributed by atoms with E-state index in [0.717, 1.165) is 17.3 Å². The summed E-state index contributed by atoms with van der Waals surface area (Å²) in [4.78, 5) is 10.5. The standard InChI is InChI=1S/C23H16F2N6/c1-14-18-8-10-31(21-19(24)11-16(3-2-9-26)12-20(21)25)22(18)30-23(28-14)29-17-6-4-15(13-27)5-7-17/h2-7,11-12H,8,10H2,1H3,(H,28,29,30)/b3-2-. The number of aromatic nitrogens is 2. The van der Waals surface area contributed by atoms with Crippen LogP contribution in [0, 0.1) is 41.2 Å². The highest BCUT2D eigenvalue weighted by molar-refractivity contribution is 5.71. The molecule has 31 heavy (non-hydrogen) atoms. The van der Waals surface area contributed by atoms with E-state index in [1.54, 1.807) is 30.3 Å². The third-order valence-corrected chi connectivity index (χ3v) is 4.96. The Balaban J connectivity index is 1.70.